The summed E-state index contributed by atoms with van der Waals surface area (Å²) in [6, 6.07) is 16.1. The molecule has 2 aromatic carbocycles. The van der Waals surface area contributed by atoms with Crippen LogP contribution in [0, 0.1) is 6.92 Å². The van der Waals surface area contributed by atoms with E-state index in [1.807, 2.05) is 42.7 Å². The summed E-state index contributed by atoms with van der Waals surface area (Å²) < 4.78 is 2.10. The smallest absolute Gasteiger partial charge is 0.225 e. The Bertz CT molecular complexity index is 955. The average Bonchev–Trinajstić information content (AvgIpc) is 3.11. The second-order valence-electron chi connectivity index (χ2n) is 6.27. The lowest BCUT2D eigenvalue weighted by Crippen LogP contribution is -2.13. The molecule has 1 heterocycles. The lowest BCUT2D eigenvalue weighted by atomic mass is 10.1. The Morgan fingerprint density at radius 2 is 1.96 bits per heavy atom. The number of nitrogens with one attached hydrogen (secondary N) is 1. The van der Waals surface area contributed by atoms with Crippen molar-refractivity contribution in [2.45, 2.75) is 36.9 Å². The summed E-state index contributed by atoms with van der Waals surface area (Å²) in [5.41, 5.74) is 3.12. The molecule has 1 amide bonds. The molecule has 7 heteroatoms. The lowest BCUT2D eigenvalue weighted by Gasteiger charge is -2.09. The highest BCUT2D eigenvalue weighted by molar-refractivity contribution is 7.99. The van der Waals surface area contributed by atoms with Gasteiger partial charge in [-0.3, -0.25) is 4.79 Å². The van der Waals surface area contributed by atoms with Crippen LogP contribution < -0.4 is 5.32 Å². The zero-order valence-electron chi connectivity index (χ0n) is 16.3. The van der Waals surface area contributed by atoms with Crippen LogP contribution in [-0.4, -0.2) is 32.7 Å². The molecule has 0 atom stereocenters. The van der Waals surface area contributed by atoms with Crippen LogP contribution in [0.25, 0.3) is 11.4 Å². The average molecular weight is 413 g/mol. The highest BCUT2D eigenvalue weighted by atomic mass is 32.2. The topological polar surface area (TPSA) is 59.8 Å². The van der Waals surface area contributed by atoms with Crippen LogP contribution in [0.4, 0.5) is 5.69 Å². The molecule has 0 aliphatic rings. The highest BCUT2D eigenvalue weighted by Crippen LogP contribution is 2.26. The minimum atomic E-state index is 0.00970. The first kappa shape index (κ1) is 20.5. The number of nitrogens with zero attached hydrogens (tertiary/aromatic N) is 3. The third-order valence-corrected chi connectivity index (χ3v) is 6.01. The van der Waals surface area contributed by atoms with Crippen molar-refractivity contribution in [1.82, 2.24) is 14.8 Å². The first-order valence-corrected chi connectivity index (χ1v) is 11.4. The Morgan fingerprint density at radius 1 is 1.14 bits per heavy atom. The van der Waals surface area contributed by atoms with Gasteiger partial charge in [-0.05, 0) is 38.3 Å². The number of hydrogen-bond donors (Lipinski definition) is 1. The largest absolute Gasteiger partial charge is 0.325 e. The lowest BCUT2D eigenvalue weighted by molar-refractivity contribution is -0.115. The number of hydrogen-bond acceptors (Lipinski definition) is 5. The molecule has 0 fully saturated rings. The molecular weight excluding hydrogens is 388 g/mol. The predicted molar refractivity (Wildman–Crippen MR) is 118 cm³/mol. The van der Waals surface area contributed by atoms with E-state index in [1.165, 1.54) is 5.56 Å². The third kappa shape index (κ3) is 4.97. The van der Waals surface area contributed by atoms with E-state index < -0.39 is 0 Å². The standard InChI is InChI=1S/C21H24N4OS2/c1-4-25-20(16-9-7-8-15(2)14-16)23-24-21(25)28-13-12-19(26)22-17-10-5-6-11-18(17)27-3/h5-11,14H,4,12-13H2,1-3H3,(H,22,26). The van der Waals surface area contributed by atoms with Gasteiger partial charge in [-0.15, -0.1) is 22.0 Å². The molecule has 146 valence electrons. The van der Waals surface area contributed by atoms with Gasteiger partial charge in [-0.1, -0.05) is 47.7 Å². The summed E-state index contributed by atoms with van der Waals surface area (Å²) in [4.78, 5) is 13.4. The monoisotopic (exact) mass is 412 g/mol. The van der Waals surface area contributed by atoms with Crippen molar-refractivity contribution in [3.8, 4) is 11.4 Å². The van der Waals surface area contributed by atoms with Crippen LogP contribution in [0.3, 0.4) is 0 Å². The van der Waals surface area contributed by atoms with Gasteiger partial charge in [0.05, 0.1) is 5.69 Å². The maximum absolute atomic E-state index is 12.3. The molecule has 5 nitrogen and oxygen atoms in total. The third-order valence-electron chi connectivity index (χ3n) is 4.25. The molecule has 0 aliphatic heterocycles. The maximum atomic E-state index is 12.3. The van der Waals surface area contributed by atoms with Gasteiger partial charge < -0.3 is 9.88 Å². The van der Waals surface area contributed by atoms with Crippen molar-refractivity contribution in [3.63, 3.8) is 0 Å². The Hall–Kier alpha value is -2.25. The first-order chi connectivity index (χ1) is 13.6. The SMILES string of the molecule is CCn1c(SCCC(=O)Nc2ccccc2SC)nnc1-c1cccc(C)c1. The van der Waals surface area contributed by atoms with Crippen molar-refractivity contribution in [1.29, 1.82) is 0 Å². The van der Waals surface area contributed by atoms with Crippen LogP contribution in [-0.2, 0) is 11.3 Å². The van der Waals surface area contributed by atoms with Crippen molar-refractivity contribution in [2.24, 2.45) is 0 Å². The zero-order chi connectivity index (χ0) is 19.9. The van der Waals surface area contributed by atoms with Crippen molar-refractivity contribution in [2.75, 3.05) is 17.3 Å². The number of carbonyl (C=O) groups excluding carboxylic acids is 1. The Balaban J connectivity index is 1.61. The van der Waals surface area contributed by atoms with Crippen LogP contribution in [0.1, 0.15) is 18.9 Å². The second-order valence-corrected chi connectivity index (χ2v) is 8.18. The molecule has 3 rings (SSSR count). The van der Waals surface area contributed by atoms with Gasteiger partial charge in [0.1, 0.15) is 0 Å². The number of benzene rings is 2. The van der Waals surface area contributed by atoms with Crippen LogP contribution in [0.5, 0.6) is 0 Å². The second kappa shape index (κ2) is 9.80. The zero-order valence-corrected chi connectivity index (χ0v) is 17.9. The molecule has 0 unspecified atom stereocenters. The number of para-hydroxylation sites is 1. The minimum absolute atomic E-state index is 0.00970. The number of amides is 1. The fraction of sp³-hybridized carbons (Fsp3) is 0.286. The van der Waals surface area contributed by atoms with E-state index >= 15 is 0 Å². The summed E-state index contributed by atoms with van der Waals surface area (Å²) >= 11 is 3.19. The number of thioether (sulfide) groups is 2. The van der Waals surface area contributed by atoms with Crippen LogP contribution in [0.15, 0.2) is 58.6 Å². The molecule has 0 spiro atoms. The first-order valence-electron chi connectivity index (χ1n) is 9.18. The molecule has 0 aliphatic carbocycles. The van der Waals surface area contributed by atoms with Gasteiger partial charge in [-0.2, -0.15) is 0 Å². The van der Waals surface area contributed by atoms with E-state index in [-0.39, 0.29) is 5.91 Å². The Kier molecular flexibility index (Phi) is 7.17. The number of rotatable bonds is 8. The molecule has 1 aromatic heterocycles. The summed E-state index contributed by atoms with van der Waals surface area (Å²) in [6.45, 7) is 4.93. The highest BCUT2D eigenvalue weighted by Gasteiger charge is 2.14. The van der Waals surface area contributed by atoms with Crippen molar-refractivity contribution >= 4 is 35.1 Å². The van der Waals surface area contributed by atoms with E-state index in [1.54, 1.807) is 23.5 Å². The number of anilines is 1. The molecule has 0 radical (unpaired) electrons. The fourth-order valence-electron chi connectivity index (χ4n) is 2.87. The molecule has 3 aromatic rings. The van der Waals surface area contributed by atoms with E-state index in [2.05, 4.69) is 46.1 Å². The van der Waals surface area contributed by atoms with Gasteiger partial charge in [0.2, 0.25) is 5.91 Å². The molecule has 0 bridgehead atoms. The number of aryl methyl sites for hydroxylation is 1. The van der Waals surface area contributed by atoms with Gasteiger partial charge >= 0.3 is 0 Å². The van der Waals surface area contributed by atoms with Crippen molar-refractivity contribution < 1.29 is 4.79 Å². The van der Waals surface area contributed by atoms with Gasteiger partial charge in [-0.25, -0.2) is 0 Å². The maximum Gasteiger partial charge on any atom is 0.225 e. The Labute approximate surface area is 174 Å². The quantitative estimate of drug-likeness (QED) is 0.521. The number of carbonyl (C=O) groups is 1. The van der Waals surface area contributed by atoms with Gasteiger partial charge in [0.25, 0.3) is 0 Å². The summed E-state index contributed by atoms with van der Waals surface area (Å²) in [7, 11) is 0. The molecule has 0 saturated carbocycles. The van der Waals surface area contributed by atoms with Crippen molar-refractivity contribution in [3.05, 3.63) is 54.1 Å². The molecule has 0 saturated heterocycles. The van der Waals surface area contributed by atoms with E-state index in [0.717, 1.165) is 33.7 Å². The normalized spacial score (nSPS) is 10.8. The number of aromatic nitrogens is 3. The van der Waals surface area contributed by atoms with E-state index in [9.17, 15) is 4.79 Å². The predicted octanol–water partition coefficient (Wildman–Crippen LogP) is 5.12. The summed E-state index contributed by atoms with van der Waals surface area (Å²) in [5.74, 6) is 1.53. The van der Waals surface area contributed by atoms with Gasteiger partial charge in [0, 0.05) is 29.2 Å². The molecular formula is C21H24N4OS2. The fourth-order valence-corrected chi connectivity index (χ4v) is 4.37. The molecule has 28 heavy (non-hydrogen) atoms. The Morgan fingerprint density at radius 3 is 2.71 bits per heavy atom. The minimum Gasteiger partial charge on any atom is -0.325 e. The molecule has 1 N–H and O–H groups in total. The van der Waals surface area contributed by atoms with Crippen LogP contribution in [0.2, 0.25) is 0 Å². The summed E-state index contributed by atoms with van der Waals surface area (Å²) in [5, 5.41) is 12.6. The van der Waals surface area contributed by atoms with Crippen LogP contribution >= 0.6 is 23.5 Å². The van der Waals surface area contributed by atoms with E-state index in [0.29, 0.717) is 12.2 Å². The summed E-state index contributed by atoms with van der Waals surface area (Å²) in [6.07, 6.45) is 2.42. The van der Waals surface area contributed by atoms with E-state index in [4.69, 9.17) is 0 Å². The van der Waals surface area contributed by atoms with Gasteiger partial charge in [0.15, 0.2) is 11.0 Å².